The summed E-state index contributed by atoms with van der Waals surface area (Å²) in [5, 5.41) is 0. The van der Waals surface area contributed by atoms with E-state index in [4.69, 9.17) is 23.9 Å². The monoisotopic (exact) mass is 724 g/mol. The van der Waals surface area contributed by atoms with E-state index in [0.29, 0.717) is 41.2 Å². The Hall–Kier alpha value is -4.23. The molecule has 1 aliphatic rings. The zero-order chi connectivity index (χ0) is 31.2. The summed E-state index contributed by atoms with van der Waals surface area (Å²) in [7, 11) is 1.50. The van der Waals surface area contributed by atoms with E-state index in [2.05, 4.69) is 22.6 Å². The molecule has 0 unspecified atom stereocenters. The van der Waals surface area contributed by atoms with E-state index in [1.54, 1.807) is 30.6 Å². The number of fused-ring (bicyclic) bond motifs is 1. The van der Waals surface area contributed by atoms with Crippen LogP contribution in [0, 0.1) is 3.57 Å². The van der Waals surface area contributed by atoms with Crippen molar-refractivity contribution in [2.24, 2.45) is 4.99 Å². The lowest BCUT2D eigenvalue weighted by Crippen LogP contribution is -2.40. The van der Waals surface area contributed by atoms with Crippen LogP contribution < -0.4 is 24.4 Å². The van der Waals surface area contributed by atoms with Crippen molar-refractivity contribution in [2.45, 2.75) is 19.9 Å². The Morgan fingerprint density at radius 1 is 1.00 bits per heavy atom. The summed E-state index contributed by atoms with van der Waals surface area (Å²) < 4.78 is 24.4. The van der Waals surface area contributed by atoms with Gasteiger partial charge in [-0.05, 0) is 65.8 Å². The zero-order valence-electron chi connectivity index (χ0n) is 24.2. The van der Waals surface area contributed by atoms with Gasteiger partial charge in [-0.15, -0.1) is 0 Å². The molecule has 0 spiro atoms. The largest absolute Gasteiger partial charge is 0.493 e. The Balaban J connectivity index is 1.68. The van der Waals surface area contributed by atoms with Gasteiger partial charge in [0.1, 0.15) is 0 Å². The van der Waals surface area contributed by atoms with Crippen molar-refractivity contribution in [3.63, 3.8) is 0 Å². The molecule has 0 aliphatic carbocycles. The zero-order valence-corrected chi connectivity index (χ0v) is 27.2. The molecule has 4 aromatic rings. The van der Waals surface area contributed by atoms with Crippen LogP contribution in [0.5, 0.6) is 11.5 Å². The lowest BCUT2D eigenvalue weighted by Gasteiger charge is -2.25. The van der Waals surface area contributed by atoms with Crippen LogP contribution in [-0.4, -0.2) is 43.4 Å². The topological polar surface area (TPSA) is 105 Å². The van der Waals surface area contributed by atoms with Gasteiger partial charge in [0.15, 0.2) is 22.9 Å². The van der Waals surface area contributed by atoms with Gasteiger partial charge in [0, 0.05) is 5.56 Å². The van der Waals surface area contributed by atoms with Gasteiger partial charge in [0.25, 0.3) is 5.56 Å². The minimum Gasteiger partial charge on any atom is -0.493 e. The van der Waals surface area contributed by atoms with Crippen LogP contribution in [0.15, 0.2) is 88.2 Å². The van der Waals surface area contributed by atoms with Crippen LogP contribution in [0.3, 0.4) is 0 Å². The molecular weight excluding hydrogens is 695 g/mol. The first kappa shape index (κ1) is 31.2. The summed E-state index contributed by atoms with van der Waals surface area (Å²) in [5.41, 5.74) is 2.64. The number of hydrogen-bond donors (Lipinski definition) is 0. The molecule has 0 N–H and O–H groups in total. The van der Waals surface area contributed by atoms with Gasteiger partial charge < -0.3 is 18.9 Å². The van der Waals surface area contributed by atoms with Crippen LogP contribution in [0.2, 0.25) is 0 Å². The van der Waals surface area contributed by atoms with Crippen molar-refractivity contribution in [3.8, 4) is 11.5 Å². The first-order valence-corrected chi connectivity index (χ1v) is 15.7. The number of nitrogens with zero attached hydrogens (tertiary/aromatic N) is 2. The molecule has 9 nitrogen and oxygen atoms in total. The van der Waals surface area contributed by atoms with Gasteiger partial charge in [-0.3, -0.25) is 9.36 Å². The third kappa shape index (κ3) is 6.48. The van der Waals surface area contributed by atoms with Crippen molar-refractivity contribution >= 4 is 57.6 Å². The summed E-state index contributed by atoms with van der Waals surface area (Å²) in [6.45, 7) is 3.64. The normalized spacial score (nSPS) is 14.5. The number of rotatable bonds is 10. The molecule has 0 saturated carbocycles. The molecule has 1 atom stereocenters. The van der Waals surface area contributed by atoms with Gasteiger partial charge in [0.05, 0.1) is 45.7 Å². The fourth-order valence-electron chi connectivity index (χ4n) is 4.84. The molecule has 44 heavy (non-hydrogen) atoms. The van der Waals surface area contributed by atoms with E-state index in [0.717, 1.165) is 11.1 Å². The van der Waals surface area contributed by atoms with Gasteiger partial charge in [-0.25, -0.2) is 14.6 Å². The maximum Gasteiger partial charge on any atom is 0.344 e. The fraction of sp³-hybridized carbons (Fsp3) is 0.212. The van der Waals surface area contributed by atoms with Gasteiger partial charge >= 0.3 is 11.9 Å². The molecule has 0 fully saturated rings. The number of thiazole rings is 1. The number of methoxy groups -OCH3 is 1. The molecule has 11 heteroatoms. The van der Waals surface area contributed by atoms with Crippen LogP contribution in [0.25, 0.3) is 11.8 Å². The van der Waals surface area contributed by atoms with Crippen molar-refractivity contribution in [1.29, 1.82) is 0 Å². The summed E-state index contributed by atoms with van der Waals surface area (Å²) in [6, 6.07) is 21.6. The molecule has 3 aromatic carbocycles. The van der Waals surface area contributed by atoms with E-state index < -0.39 is 18.0 Å². The van der Waals surface area contributed by atoms with Gasteiger partial charge in [0.2, 0.25) is 0 Å². The smallest absolute Gasteiger partial charge is 0.344 e. The SMILES string of the molecule is CCOC(=O)COc1c(I)cc(/C=c2\sc3n(c2=O)[C@H](c2ccccc2)C(C(=O)OCC)=C(c2ccccc2)N=3)cc1OC. The van der Waals surface area contributed by atoms with Crippen molar-refractivity contribution in [3.05, 3.63) is 118 Å². The van der Waals surface area contributed by atoms with E-state index in [1.165, 1.54) is 18.4 Å². The number of esters is 2. The number of aromatic nitrogens is 1. The number of ether oxygens (including phenoxy) is 4. The van der Waals surface area contributed by atoms with Crippen LogP contribution in [-0.2, 0) is 19.1 Å². The first-order chi connectivity index (χ1) is 21.4. The second kappa shape index (κ2) is 14.0. The Kier molecular flexibility index (Phi) is 9.95. The van der Waals surface area contributed by atoms with E-state index in [-0.39, 0.29) is 25.4 Å². The van der Waals surface area contributed by atoms with Crippen molar-refractivity contribution < 1.29 is 28.5 Å². The lowest BCUT2D eigenvalue weighted by atomic mass is 9.93. The number of benzene rings is 3. The molecule has 226 valence electrons. The maximum atomic E-state index is 14.1. The average molecular weight is 725 g/mol. The molecule has 0 amide bonds. The molecule has 2 heterocycles. The third-order valence-corrected chi connectivity index (χ3v) is 8.46. The minimum absolute atomic E-state index is 0.177. The number of carbonyl (C=O) groups excluding carboxylic acids is 2. The average Bonchev–Trinajstić information content (AvgIpc) is 3.34. The van der Waals surface area contributed by atoms with Crippen LogP contribution in [0.4, 0.5) is 0 Å². The molecule has 0 radical (unpaired) electrons. The second-order valence-corrected chi connectivity index (χ2v) is 11.6. The highest BCUT2D eigenvalue weighted by molar-refractivity contribution is 14.1. The molecule has 1 aromatic heterocycles. The molecule has 5 rings (SSSR count). The van der Waals surface area contributed by atoms with E-state index in [1.807, 2.05) is 66.7 Å². The second-order valence-electron chi connectivity index (χ2n) is 9.47. The van der Waals surface area contributed by atoms with Crippen LogP contribution >= 0.6 is 33.9 Å². The predicted octanol–water partition coefficient (Wildman–Crippen LogP) is 4.49. The highest BCUT2D eigenvalue weighted by atomic mass is 127. The third-order valence-electron chi connectivity index (χ3n) is 6.68. The number of halogens is 1. The Labute approximate surface area is 271 Å². The van der Waals surface area contributed by atoms with Gasteiger partial charge in [-0.1, -0.05) is 72.0 Å². The highest BCUT2D eigenvalue weighted by Crippen LogP contribution is 2.36. The van der Waals surface area contributed by atoms with Crippen molar-refractivity contribution in [1.82, 2.24) is 4.57 Å². The fourth-order valence-corrected chi connectivity index (χ4v) is 6.62. The summed E-state index contributed by atoms with van der Waals surface area (Å²) >= 11 is 3.33. The quantitative estimate of drug-likeness (QED) is 0.176. The van der Waals surface area contributed by atoms with Gasteiger partial charge in [-0.2, -0.15) is 0 Å². The highest BCUT2D eigenvalue weighted by Gasteiger charge is 2.35. The molecule has 0 bridgehead atoms. The molecular formula is C33H29IN2O7S. The van der Waals surface area contributed by atoms with E-state index >= 15 is 0 Å². The summed E-state index contributed by atoms with van der Waals surface area (Å²) in [6.07, 6.45) is 1.75. The molecule has 1 aliphatic heterocycles. The molecule has 0 saturated heterocycles. The van der Waals surface area contributed by atoms with Crippen LogP contribution in [0.1, 0.15) is 36.6 Å². The summed E-state index contributed by atoms with van der Waals surface area (Å²) in [4.78, 5) is 44.8. The Morgan fingerprint density at radius 3 is 2.34 bits per heavy atom. The lowest BCUT2D eigenvalue weighted by molar-refractivity contribution is -0.145. The standard InChI is InChI=1S/C33H29IN2O7S/c1-4-41-26(37)19-43-30-23(34)16-20(17-24(30)40-3)18-25-31(38)36-29(22-14-10-7-11-15-22)27(32(39)42-5-2)28(35-33(36)44-25)21-12-8-6-9-13-21/h6-18,29H,4-5,19H2,1-3H3/b25-18-/t29-/m1/s1. The number of carbonyl (C=O) groups is 2. The number of hydrogen-bond acceptors (Lipinski definition) is 9. The first-order valence-electron chi connectivity index (χ1n) is 13.9. The van der Waals surface area contributed by atoms with Crippen molar-refractivity contribution in [2.75, 3.05) is 26.9 Å². The van der Waals surface area contributed by atoms with E-state index in [9.17, 15) is 14.4 Å². The predicted molar refractivity (Wildman–Crippen MR) is 175 cm³/mol. The Morgan fingerprint density at radius 2 is 1.68 bits per heavy atom. The Bertz CT molecular complexity index is 1900. The summed E-state index contributed by atoms with van der Waals surface area (Å²) in [5.74, 6) is -0.217. The maximum absolute atomic E-state index is 14.1. The minimum atomic E-state index is -0.753.